The Morgan fingerprint density at radius 2 is 1.96 bits per heavy atom. The van der Waals surface area contributed by atoms with Crippen molar-refractivity contribution in [3.63, 3.8) is 0 Å². The van der Waals surface area contributed by atoms with Crippen molar-refractivity contribution in [3.8, 4) is 0 Å². The molecule has 1 N–H and O–H groups in total. The van der Waals surface area contributed by atoms with Crippen LogP contribution in [-0.2, 0) is 0 Å². The fraction of sp³-hybridized carbons (Fsp3) is 0.474. The third kappa shape index (κ3) is 2.71. The number of nitrogens with one attached hydrogen (secondary N) is 1. The molecule has 2 aliphatic rings. The Labute approximate surface area is 148 Å². The van der Waals surface area contributed by atoms with Crippen LogP contribution in [0, 0.1) is 0 Å². The Morgan fingerprint density at radius 1 is 1.12 bits per heavy atom. The standard InChI is InChI=1S/C19H24N4S/c1-22-18(17(21-19(22)24)15-10-5-6-12-20-15)16-11-7-13-23(16)14-8-3-2-4-9-14/h5-7,10-14,17-18H,2-4,8-9H2,1H3,(H,21,24)/t17-,18+/m1/s1. The van der Waals surface area contributed by atoms with E-state index in [1.54, 1.807) is 0 Å². The number of likely N-dealkylation sites (N-methyl/N-ethyl adjacent to an activating group) is 1. The van der Waals surface area contributed by atoms with Gasteiger partial charge in [-0.3, -0.25) is 4.98 Å². The molecule has 0 radical (unpaired) electrons. The predicted octanol–water partition coefficient (Wildman–Crippen LogP) is 3.99. The zero-order valence-electron chi connectivity index (χ0n) is 14.1. The van der Waals surface area contributed by atoms with Crippen molar-refractivity contribution in [2.45, 2.75) is 50.2 Å². The summed E-state index contributed by atoms with van der Waals surface area (Å²) < 4.78 is 2.49. The summed E-state index contributed by atoms with van der Waals surface area (Å²) in [5.74, 6) is 0. The van der Waals surface area contributed by atoms with E-state index >= 15 is 0 Å². The number of hydrogen-bond acceptors (Lipinski definition) is 2. The van der Waals surface area contributed by atoms with Gasteiger partial charge in [-0.1, -0.05) is 25.3 Å². The Bertz CT molecular complexity index is 705. The molecular formula is C19H24N4S. The maximum atomic E-state index is 5.55. The van der Waals surface area contributed by atoms with Gasteiger partial charge in [-0.25, -0.2) is 0 Å². The topological polar surface area (TPSA) is 33.1 Å². The lowest BCUT2D eigenvalue weighted by atomic mass is 9.94. The number of rotatable bonds is 3. The normalized spacial score (nSPS) is 25.0. The summed E-state index contributed by atoms with van der Waals surface area (Å²) in [5.41, 5.74) is 2.39. The second-order valence-electron chi connectivity index (χ2n) is 6.87. The van der Waals surface area contributed by atoms with Crippen LogP contribution in [0.25, 0.3) is 0 Å². The highest BCUT2D eigenvalue weighted by molar-refractivity contribution is 7.80. The number of pyridine rings is 1. The molecule has 2 atom stereocenters. The van der Waals surface area contributed by atoms with Gasteiger partial charge in [0.2, 0.25) is 0 Å². The number of nitrogens with zero attached hydrogens (tertiary/aromatic N) is 3. The van der Waals surface area contributed by atoms with Gasteiger partial charge in [0.15, 0.2) is 5.11 Å². The second kappa shape index (κ2) is 6.55. The van der Waals surface area contributed by atoms with Crippen molar-refractivity contribution in [2.75, 3.05) is 7.05 Å². The van der Waals surface area contributed by atoms with Crippen LogP contribution in [0.5, 0.6) is 0 Å². The molecule has 2 fully saturated rings. The van der Waals surface area contributed by atoms with E-state index < -0.39 is 0 Å². The van der Waals surface area contributed by atoms with Crippen LogP contribution >= 0.6 is 12.2 Å². The molecule has 1 aliphatic carbocycles. The molecule has 4 rings (SSSR count). The first kappa shape index (κ1) is 15.6. The molecule has 0 spiro atoms. The molecule has 5 heteroatoms. The maximum Gasteiger partial charge on any atom is 0.169 e. The predicted molar refractivity (Wildman–Crippen MR) is 99.8 cm³/mol. The molecule has 2 aromatic rings. The lowest BCUT2D eigenvalue weighted by molar-refractivity contribution is 0.304. The van der Waals surface area contributed by atoms with E-state index in [9.17, 15) is 0 Å². The van der Waals surface area contributed by atoms with Crippen molar-refractivity contribution in [2.24, 2.45) is 0 Å². The molecule has 0 unspecified atom stereocenters. The highest BCUT2D eigenvalue weighted by Gasteiger charge is 2.39. The highest BCUT2D eigenvalue weighted by atomic mass is 32.1. The zero-order valence-corrected chi connectivity index (χ0v) is 14.9. The number of thiocarbonyl (C=S) groups is 1. The quantitative estimate of drug-likeness (QED) is 0.857. The SMILES string of the molecule is CN1C(=S)N[C@H](c2ccccn2)[C@@H]1c1cccn1C1CCCCC1. The average molecular weight is 340 g/mol. The van der Waals surface area contributed by atoms with Gasteiger partial charge in [-0.05, 0) is 49.3 Å². The maximum absolute atomic E-state index is 5.55. The first-order valence-electron chi connectivity index (χ1n) is 8.86. The lowest BCUT2D eigenvalue weighted by Crippen LogP contribution is -2.27. The molecule has 1 saturated carbocycles. The molecule has 0 aromatic carbocycles. The Hall–Kier alpha value is -1.88. The van der Waals surface area contributed by atoms with E-state index in [4.69, 9.17) is 12.2 Å². The van der Waals surface area contributed by atoms with Crippen LogP contribution in [0.4, 0.5) is 0 Å². The van der Waals surface area contributed by atoms with Crippen LogP contribution in [-0.4, -0.2) is 26.6 Å². The van der Waals surface area contributed by atoms with Gasteiger partial charge in [-0.15, -0.1) is 0 Å². The van der Waals surface area contributed by atoms with Crippen molar-refractivity contribution in [3.05, 3.63) is 54.1 Å². The molecule has 1 aliphatic heterocycles. The third-order valence-electron chi connectivity index (χ3n) is 5.42. The van der Waals surface area contributed by atoms with E-state index in [-0.39, 0.29) is 12.1 Å². The molecule has 4 nitrogen and oxygen atoms in total. The van der Waals surface area contributed by atoms with E-state index in [1.165, 1.54) is 37.8 Å². The van der Waals surface area contributed by atoms with Gasteiger partial charge in [0, 0.05) is 31.2 Å². The first-order valence-corrected chi connectivity index (χ1v) is 9.27. The second-order valence-corrected chi connectivity index (χ2v) is 7.26. The van der Waals surface area contributed by atoms with Crippen LogP contribution < -0.4 is 5.32 Å². The van der Waals surface area contributed by atoms with Gasteiger partial charge in [0.05, 0.1) is 17.8 Å². The Balaban J connectivity index is 1.71. The summed E-state index contributed by atoms with van der Waals surface area (Å²) in [7, 11) is 2.08. The zero-order chi connectivity index (χ0) is 16.5. The van der Waals surface area contributed by atoms with Crippen LogP contribution in [0.1, 0.15) is 61.6 Å². The summed E-state index contributed by atoms with van der Waals surface area (Å²) >= 11 is 5.55. The smallest absolute Gasteiger partial charge is 0.169 e. The van der Waals surface area contributed by atoms with E-state index in [0.29, 0.717) is 6.04 Å². The summed E-state index contributed by atoms with van der Waals surface area (Å²) in [6.45, 7) is 0. The van der Waals surface area contributed by atoms with Crippen molar-refractivity contribution in [1.29, 1.82) is 0 Å². The first-order chi connectivity index (χ1) is 11.8. The molecular weight excluding hydrogens is 316 g/mol. The van der Waals surface area contributed by atoms with Gasteiger partial charge in [-0.2, -0.15) is 0 Å². The molecule has 126 valence electrons. The van der Waals surface area contributed by atoms with Crippen molar-refractivity contribution >= 4 is 17.3 Å². The Morgan fingerprint density at radius 3 is 2.71 bits per heavy atom. The Kier molecular flexibility index (Phi) is 4.27. The average Bonchev–Trinajstić information content (AvgIpc) is 3.22. The van der Waals surface area contributed by atoms with E-state index in [1.807, 2.05) is 18.3 Å². The molecule has 0 bridgehead atoms. The molecule has 1 saturated heterocycles. The van der Waals surface area contributed by atoms with Gasteiger partial charge in [0.1, 0.15) is 0 Å². The van der Waals surface area contributed by atoms with Crippen LogP contribution in [0.2, 0.25) is 0 Å². The fourth-order valence-electron chi connectivity index (χ4n) is 4.18. The van der Waals surface area contributed by atoms with Gasteiger partial charge in [0.25, 0.3) is 0 Å². The largest absolute Gasteiger partial charge is 0.352 e. The van der Waals surface area contributed by atoms with Crippen molar-refractivity contribution in [1.82, 2.24) is 19.8 Å². The number of aromatic nitrogens is 2. The summed E-state index contributed by atoms with van der Waals surface area (Å²) in [6.07, 6.45) is 10.7. The molecule has 3 heterocycles. The monoisotopic (exact) mass is 340 g/mol. The lowest BCUT2D eigenvalue weighted by Gasteiger charge is -2.30. The van der Waals surface area contributed by atoms with Crippen LogP contribution in [0.15, 0.2) is 42.7 Å². The third-order valence-corrected chi connectivity index (χ3v) is 5.83. The minimum atomic E-state index is 0.0981. The van der Waals surface area contributed by atoms with E-state index in [0.717, 1.165) is 10.8 Å². The summed E-state index contributed by atoms with van der Waals surface area (Å²) in [6, 6.07) is 11.4. The number of hydrogen-bond donors (Lipinski definition) is 1. The van der Waals surface area contributed by atoms with Gasteiger partial charge < -0.3 is 14.8 Å². The van der Waals surface area contributed by atoms with Gasteiger partial charge >= 0.3 is 0 Å². The highest BCUT2D eigenvalue weighted by Crippen LogP contribution is 2.40. The fourth-order valence-corrected chi connectivity index (χ4v) is 4.42. The minimum absolute atomic E-state index is 0.0981. The minimum Gasteiger partial charge on any atom is -0.352 e. The molecule has 2 aromatic heterocycles. The molecule has 24 heavy (non-hydrogen) atoms. The molecule has 0 amide bonds. The summed E-state index contributed by atoms with van der Waals surface area (Å²) in [5, 5.41) is 4.27. The summed E-state index contributed by atoms with van der Waals surface area (Å²) in [4.78, 5) is 6.76. The van der Waals surface area contributed by atoms with Crippen LogP contribution in [0.3, 0.4) is 0 Å². The van der Waals surface area contributed by atoms with E-state index in [2.05, 4.69) is 51.2 Å². The van der Waals surface area contributed by atoms with Crippen molar-refractivity contribution < 1.29 is 0 Å².